The maximum atomic E-state index is 12.5. The van der Waals surface area contributed by atoms with Gasteiger partial charge in [-0.05, 0) is 30.7 Å². The summed E-state index contributed by atoms with van der Waals surface area (Å²) in [4.78, 5) is 12.5. The van der Waals surface area contributed by atoms with E-state index < -0.39 is 0 Å². The van der Waals surface area contributed by atoms with Crippen LogP contribution in [0, 0.1) is 0 Å². The first-order chi connectivity index (χ1) is 10.1. The van der Waals surface area contributed by atoms with Gasteiger partial charge in [0.05, 0.1) is 23.9 Å². The summed E-state index contributed by atoms with van der Waals surface area (Å²) >= 11 is 5.86. The predicted octanol–water partition coefficient (Wildman–Crippen LogP) is 3.43. The van der Waals surface area contributed by atoms with Crippen molar-refractivity contribution < 1.29 is 9.53 Å². The van der Waals surface area contributed by atoms with Crippen molar-refractivity contribution in [1.29, 1.82) is 0 Å². The zero-order valence-electron chi connectivity index (χ0n) is 11.3. The highest BCUT2D eigenvalue weighted by Crippen LogP contribution is 2.34. The van der Waals surface area contributed by atoms with Crippen LogP contribution in [0.3, 0.4) is 0 Å². The molecular formula is C16H15ClN2O2. The van der Waals surface area contributed by atoms with Crippen LogP contribution < -0.4 is 15.8 Å². The number of hydrogen-bond acceptors (Lipinski definition) is 3. The molecule has 1 heterocycles. The zero-order chi connectivity index (χ0) is 14.8. The minimum atomic E-state index is -0.231. The third kappa shape index (κ3) is 2.81. The van der Waals surface area contributed by atoms with Crippen LogP contribution in [0.25, 0.3) is 0 Å². The second-order valence-electron chi connectivity index (χ2n) is 4.95. The van der Waals surface area contributed by atoms with Gasteiger partial charge in [-0.25, -0.2) is 0 Å². The first kappa shape index (κ1) is 13.8. The number of rotatable bonds is 2. The second-order valence-corrected chi connectivity index (χ2v) is 5.38. The van der Waals surface area contributed by atoms with Gasteiger partial charge in [-0.1, -0.05) is 29.8 Å². The van der Waals surface area contributed by atoms with Crippen LogP contribution in [-0.4, -0.2) is 12.5 Å². The van der Waals surface area contributed by atoms with Crippen LogP contribution in [0.4, 0.5) is 11.4 Å². The van der Waals surface area contributed by atoms with Crippen molar-refractivity contribution in [2.45, 2.75) is 12.3 Å². The third-order valence-electron chi connectivity index (χ3n) is 3.55. The number of carbonyl (C=O) groups is 1. The van der Waals surface area contributed by atoms with Crippen LogP contribution in [0.5, 0.6) is 5.75 Å². The van der Waals surface area contributed by atoms with E-state index in [0.717, 1.165) is 11.3 Å². The molecule has 2 aromatic carbocycles. The molecule has 0 fully saturated rings. The number of anilines is 2. The molecule has 3 rings (SSSR count). The molecule has 108 valence electrons. The minimum absolute atomic E-state index is 0.0835. The monoisotopic (exact) mass is 302 g/mol. The van der Waals surface area contributed by atoms with Crippen molar-refractivity contribution in [3.05, 3.63) is 53.1 Å². The molecule has 0 spiro atoms. The summed E-state index contributed by atoms with van der Waals surface area (Å²) in [6.45, 7) is 0.533. The molecule has 4 nitrogen and oxygen atoms in total. The van der Waals surface area contributed by atoms with Crippen molar-refractivity contribution >= 4 is 28.9 Å². The van der Waals surface area contributed by atoms with Gasteiger partial charge in [-0.3, -0.25) is 4.79 Å². The van der Waals surface area contributed by atoms with Gasteiger partial charge in [-0.15, -0.1) is 0 Å². The fourth-order valence-electron chi connectivity index (χ4n) is 2.48. The third-order valence-corrected chi connectivity index (χ3v) is 3.78. The Labute approximate surface area is 127 Å². The predicted molar refractivity (Wildman–Crippen MR) is 83.8 cm³/mol. The first-order valence-corrected chi connectivity index (χ1v) is 7.10. The molecular weight excluding hydrogens is 288 g/mol. The molecule has 1 unspecified atom stereocenters. The normalized spacial score (nSPS) is 16.7. The highest BCUT2D eigenvalue weighted by atomic mass is 35.5. The first-order valence-electron chi connectivity index (χ1n) is 6.73. The molecule has 0 saturated heterocycles. The highest BCUT2D eigenvalue weighted by Gasteiger charge is 2.27. The lowest BCUT2D eigenvalue weighted by Gasteiger charge is -2.25. The SMILES string of the molecule is Nc1cc(Cl)ccc1NC(=O)C1CCOc2ccccc21. The number of carbonyl (C=O) groups excluding carboxylic acids is 1. The smallest absolute Gasteiger partial charge is 0.232 e. The lowest BCUT2D eigenvalue weighted by molar-refractivity contribution is -0.118. The second kappa shape index (κ2) is 5.66. The summed E-state index contributed by atoms with van der Waals surface area (Å²) in [7, 11) is 0. The summed E-state index contributed by atoms with van der Waals surface area (Å²) in [5.41, 5.74) is 7.81. The lowest BCUT2D eigenvalue weighted by Crippen LogP contribution is -2.26. The molecule has 0 bridgehead atoms. The van der Waals surface area contributed by atoms with E-state index in [0.29, 0.717) is 29.4 Å². The van der Waals surface area contributed by atoms with Crippen molar-refractivity contribution in [2.24, 2.45) is 0 Å². The maximum Gasteiger partial charge on any atom is 0.232 e. The van der Waals surface area contributed by atoms with Crippen LogP contribution in [0.2, 0.25) is 5.02 Å². The van der Waals surface area contributed by atoms with Crippen LogP contribution in [0.1, 0.15) is 17.9 Å². The molecule has 2 aromatic rings. The molecule has 0 aliphatic carbocycles. The number of benzene rings is 2. The van der Waals surface area contributed by atoms with Gasteiger partial charge in [0.1, 0.15) is 5.75 Å². The Morgan fingerprint density at radius 1 is 1.29 bits per heavy atom. The molecule has 5 heteroatoms. The van der Waals surface area contributed by atoms with Crippen LogP contribution in [0.15, 0.2) is 42.5 Å². The quantitative estimate of drug-likeness (QED) is 0.835. The summed E-state index contributed by atoms with van der Waals surface area (Å²) in [6, 6.07) is 12.6. The number of ether oxygens (including phenoxy) is 1. The number of hydrogen-bond donors (Lipinski definition) is 2. The van der Waals surface area contributed by atoms with Crippen molar-refractivity contribution in [1.82, 2.24) is 0 Å². The average Bonchev–Trinajstić information content (AvgIpc) is 2.49. The summed E-state index contributed by atoms with van der Waals surface area (Å²) in [5.74, 6) is 0.456. The van der Waals surface area contributed by atoms with Gasteiger partial charge >= 0.3 is 0 Å². The molecule has 0 saturated carbocycles. The zero-order valence-corrected chi connectivity index (χ0v) is 12.1. The van der Waals surface area contributed by atoms with E-state index in [9.17, 15) is 4.79 Å². The molecule has 1 aliphatic rings. The number of halogens is 1. The highest BCUT2D eigenvalue weighted by molar-refractivity contribution is 6.31. The molecule has 0 aromatic heterocycles. The van der Waals surface area contributed by atoms with Gasteiger partial charge in [0.2, 0.25) is 5.91 Å². The van der Waals surface area contributed by atoms with Gasteiger partial charge in [0.15, 0.2) is 0 Å². The van der Waals surface area contributed by atoms with E-state index in [-0.39, 0.29) is 11.8 Å². The number of para-hydroxylation sites is 1. The lowest BCUT2D eigenvalue weighted by atomic mass is 9.92. The van der Waals surface area contributed by atoms with Gasteiger partial charge in [0, 0.05) is 10.6 Å². The van der Waals surface area contributed by atoms with Crippen molar-refractivity contribution in [3.8, 4) is 5.75 Å². The van der Waals surface area contributed by atoms with E-state index >= 15 is 0 Å². The standard InChI is InChI=1S/C16H15ClN2O2/c17-10-5-6-14(13(18)9-10)19-16(20)12-7-8-21-15-4-2-1-3-11(12)15/h1-6,9,12H,7-8,18H2,(H,19,20). The fourth-order valence-corrected chi connectivity index (χ4v) is 2.66. The number of amides is 1. The van der Waals surface area contributed by atoms with E-state index in [2.05, 4.69) is 5.32 Å². The largest absolute Gasteiger partial charge is 0.493 e. The van der Waals surface area contributed by atoms with E-state index in [4.69, 9.17) is 22.1 Å². The Kier molecular flexibility index (Phi) is 3.71. The van der Waals surface area contributed by atoms with Gasteiger partial charge < -0.3 is 15.8 Å². The minimum Gasteiger partial charge on any atom is -0.493 e. The molecule has 1 amide bonds. The summed E-state index contributed by atoms with van der Waals surface area (Å²) in [5, 5.41) is 3.41. The number of nitrogens with one attached hydrogen (secondary N) is 1. The molecule has 0 radical (unpaired) electrons. The van der Waals surface area contributed by atoms with Crippen LogP contribution >= 0.6 is 11.6 Å². The Morgan fingerprint density at radius 3 is 2.90 bits per heavy atom. The Hall–Kier alpha value is -2.20. The molecule has 3 N–H and O–H groups in total. The molecule has 1 aliphatic heterocycles. The maximum absolute atomic E-state index is 12.5. The van der Waals surface area contributed by atoms with Gasteiger partial charge in [0.25, 0.3) is 0 Å². The topological polar surface area (TPSA) is 64.3 Å². The van der Waals surface area contributed by atoms with Crippen molar-refractivity contribution in [2.75, 3.05) is 17.7 Å². The average molecular weight is 303 g/mol. The number of nitrogen functional groups attached to an aromatic ring is 1. The van der Waals surface area contributed by atoms with Crippen LogP contribution in [-0.2, 0) is 4.79 Å². The summed E-state index contributed by atoms with van der Waals surface area (Å²) < 4.78 is 5.57. The van der Waals surface area contributed by atoms with E-state index in [1.165, 1.54) is 0 Å². The number of fused-ring (bicyclic) bond motifs is 1. The van der Waals surface area contributed by atoms with E-state index in [1.54, 1.807) is 18.2 Å². The van der Waals surface area contributed by atoms with Crippen molar-refractivity contribution in [3.63, 3.8) is 0 Å². The Bertz CT molecular complexity index is 688. The summed E-state index contributed by atoms with van der Waals surface area (Å²) in [6.07, 6.45) is 0.649. The van der Waals surface area contributed by atoms with Gasteiger partial charge in [-0.2, -0.15) is 0 Å². The fraction of sp³-hybridized carbons (Fsp3) is 0.188. The van der Waals surface area contributed by atoms with E-state index in [1.807, 2.05) is 24.3 Å². The Morgan fingerprint density at radius 2 is 2.10 bits per heavy atom. The molecule has 1 atom stereocenters. The Balaban J connectivity index is 1.83. The molecule has 21 heavy (non-hydrogen) atoms. The number of nitrogens with two attached hydrogens (primary N) is 1.